The second kappa shape index (κ2) is 6.14. The monoisotopic (exact) mass is 275 g/mol. The van der Waals surface area contributed by atoms with Crippen LogP contribution < -0.4 is 18.9 Å². The summed E-state index contributed by atoms with van der Waals surface area (Å²) in [6.07, 6.45) is 1.66. The maximum atomic E-state index is 5.44. The van der Waals surface area contributed by atoms with Crippen LogP contribution in [-0.4, -0.2) is 33.4 Å². The highest BCUT2D eigenvalue weighted by molar-refractivity contribution is 5.74. The molecular weight excluding hydrogens is 258 g/mol. The Labute approximate surface area is 118 Å². The second-order valence-electron chi connectivity index (χ2n) is 3.97. The highest BCUT2D eigenvalue weighted by Gasteiger charge is 2.17. The van der Waals surface area contributed by atoms with Crippen molar-refractivity contribution < 1.29 is 18.9 Å². The first-order chi connectivity index (χ1) is 9.74. The lowest BCUT2D eigenvalue weighted by molar-refractivity contribution is 0.325. The van der Waals surface area contributed by atoms with Crippen molar-refractivity contribution in [2.45, 2.75) is 0 Å². The zero-order valence-electron chi connectivity index (χ0n) is 12.0. The van der Waals surface area contributed by atoms with Crippen molar-refractivity contribution in [3.05, 3.63) is 30.5 Å². The van der Waals surface area contributed by atoms with Crippen molar-refractivity contribution >= 4 is 0 Å². The van der Waals surface area contributed by atoms with Crippen molar-refractivity contribution in [2.75, 3.05) is 28.4 Å². The molecule has 0 amide bonds. The van der Waals surface area contributed by atoms with Crippen LogP contribution in [-0.2, 0) is 0 Å². The summed E-state index contributed by atoms with van der Waals surface area (Å²) in [6, 6.07) is 7.42. The fourth-order valence-electron chi connectivity index (χ4n) is 1.96. The number of nitrogens with zero attached hydrogens (tertiary/aromatic N) is 1. The van der Waals surface area contributed by atoms with Gasteiger partial charge in [0.2, 0.25) is 5.75 Å². The van der Waals surface area contributed by atoms with Gasteiger partial charge in [0.05, 0.1) is 40.3 Å². The Morgan fingerprint density at radius 1 is 0.750 bits per heavy atom. The number of rotatable bonds is 5. The minimum Gasteiger partial charge on any atom is -0.495 e. The van der Waals surface area contributed by atoms with Crippen molar-refractivity contribution in [1.82, 2.24) is 4.98 Å². The van der Waals surface area contributed by atoms with Gasteiger partial charge in [-0.3, -0.25) is 4.98 Å². The Balaban J connectivity index is 2.55. The Morgan fingerprint density at radius 2 is 1.50 bits per heavy atom. The molecule has 1 aromatic carbocycles. The van der Waals surface area contributed by atoms with Gasteiger partial charge >= 0.3 is 0 Å². The smallest absolute Gasteiger partial charge is 0.203 e. The van der Waals surface area contributed by atoms with E-state index in [1.54, 1.807) is 34.6 Å². The Kier molecular flexibility index (Phi) is 4.30. The summed E-state index contributed by atoms with van der Waals surface area (Å²) < 4.78 is 21.2. The van der Waals surface area contributed by atoms with Gasteiger partial charge < -0.3 is 18.9 Å². The SMILES string of the molecule is COc1ccc(-c2ccc(OC)c(OC)c2OC)nc1. The van der Waals surface area contributed by atoms with E-state index in [4.69, 9.17) is 18.9 Å². The highest BCUT2D eigenvalue weighted by Crippen LogP contribution is 2.43. The third kappa shape index (κ3) is 2.47. The number of methoxy groups -OCH3 is 4. The summed E-state index contributed by atoms with van der Waals surface area (Å²) >= 11 is 0. The first-order valence-electron chi connectivity index (χ1n) is 6.04. The summed E-state index contributed by atoms with van der Waals surface area (Å²) in [5.74, 6) is 2.45. The molecule has 5 nitrogen and oxygen atoms in total. The Bertz CT molecular complexity index is 581. The fraction of sp³-hybridized carbons (Fsp3) is 0.267. The topological polar surface area (TPSA) is 49.8 Å². The lowest BCUT2D eigenvalue weighted by Crippen LogP contribution is -1.97. The first kappa shape index (κ1) is 14.0. The normalized spacial score (nSPS) is 10.0. The van der Waals surface area contributed by atoms with E-state index in [1.165, 1.54) is 0 Å². The van der Waals surface area contributed by atoms with E-state index in [0.29, 0.717) is 23.0 Å². The molecule has 0 aliphatic carbocycles. The van der Waals surface area contributed by atoms with Gasteiger partial charge in [-0.2, -0.15) is 0 Å². The van der Waals surface area contributed by atoms with Crippen molar-refractivity contribution in [3.63, 3.8) is 0 Å². The third-order valence-electron chi connectivity index (χ3n) is 2.95. The predicted molar refractivity (Wildman–Crippen MR) is 75.9 cm³/mol. The van der Waals surface area contributed by atoms with Crippen LogP contribution in [0.15, 0.2) is 30.5 Å². The molecular formula is C15H17NO4. The standard InChI is InChI=1S/C15H17NO4/c1-17-10-5-7-12(16-9-10)11-6-8-13(18-2)15(20-4)14(11)19-3/h5-9H,1-4H3. The largest absolute Gasteiger partial charge is 0.495 e. The summed E-state index contributed by atoms with van der Waals surface area (Å²) in [5.41, 5.74) is 1.59. The van der Waals surface area contributed by atoms with Crippen LogP contribution in [0.4, 0.5) is 0 Å². The molecule has 0 saturated carbocycles. The van der Waals surface area contributed by atoms with Crippen molar-refractivity contribution in [1.29, 1.82) is 0 Å². The molecule has 2 rings (SSSR count). The van der Waals surface area contributed by atoms with Gasteiger partial charge in [0, 0.05) is 5.56 Å². The summed E-state index contributed by atoms with van der Waals surface area (Å²) in [7, 11) is 6.35. The minimum absolute atomic E-state index is 0.546. The van der Waals surface area contributed by atoms with Gasteiger partial charge in [-0.05, 0) is 24.3 Å². The molecule has 0 unspecified atom stereocenters. The summed E-state index contributed by atoms with van der Waals surface area (Å²) in [5, 5.41) is 0. The maximum absolute atomic E-state index is 5.44. The van der Waals surface area contributed by atoms with Crippen LogP contribution in [0.25, 0.3) is 11.3 Å². The zero-order valence-corrected chi connectivity index (χ0v) is 12.0. The van der Waals surface area contributed by atoms with Crippen LogP contribution in [0.1, 0.15) is 0 Å². The van der Waals surface area contributed by atoms with E-state index in [-0.39, 0.29) is 0 Å². The Morgan fingerprint density at radius 3 is 2.00 bits per heavy atom. The van der Waals surface area contributed by atoms with E-state index in [0.717, 1.165) is 11.3 Å². The summed E-state index contributed by atoms with van der Waals surface area (Å²) in [6.45, 7) is 0. The average Bonchev–Trinajstić information content (AvgIpc) is 2.53. The van der Waals surface area contributed by atoms with Crippen LogP contribution in [0.2, 0.25) is 0 Å². The maximum Gasteiger partial charge on any atom is 0.203 e. The number of hydrogen-bond donors (Lipinski definition) is 0. The molecule has 0 radical (unpaired) electrons. The van der Waals surface area contributed by atoms with Gasteiger partial charge in [0.15, 0.2) is 11.5 Å². The number of hydrogen-bond acceptors (Lipinski definition) is 5. The molecule has 0 fully saturated rings. The average molecular weight is 275 g/mol. The van der Waals surface area contributed by atoms with Gasteiger partial charge in [-0.1, -0.05) is 0 Å². The molecule has 0 aliphatic rings. The highest BCUT2D eigenvalue weighted by atomic mass is 16.5. The number of ether oxygens (including phenoxy) is 4. The molecule has 1 aromatic heterocycles. The van der Waals surface area contributed by atoms with E-state index in [9.17, 15) is 0 Å². The lowest BCUT2D eigenvalue weighted by Gasteiger charge is -2.15. The number of aromatic nitrogens is 1. The molecule has 20 heavy (non-hydrogen) atoms. The lowest BCUT2D eigenvalue weighted by atomic mass is 10.1. The molecule has 0 atom stereocenters. The third-order valence-corrected chi connectivity index (χ3v) is 2.95. The van der Waals surface area contributed by atoms with Crippen LogP contribution in [0.3, 0.4) is 0 Å². The summed E-state index contributed by atoms with van der Waals surface area (Å²) in [4.78, 5) is 4.36. The van der Waals surface area contributed by atoms with Crippen molar-refractivity contribution in [2.24, 2.45) is 0 Å². The molecule has 2 aromatic rings. The first-order valence-corrected chi connectivity index (χ1v) is 6.04. The van der Waals surface area contributed by atoms with Gasteiger partial charge in [-0.15, -0.1) is 0 Å². The predicted octanol–water partition coefficient (Wildman–Crippen LogP) is 2.78. The molecule has 0 aliphatic heterocycles. The molecule has 0 bridgehead atoms. The molecule has 0 spiro atoms. The molecule has 1 heterocycles. The van der Waals surface area contributed by atoms with Crippen LogP contribution in [0, 0.1) is 0 Å². The number of benzene rings is 1. The van der Waals surface area contributed by atoms with Crippen molar-refractivity contribution in [3.8, 4) is 34.3 Å². The van der Waals surface area contributed by atoms with E-state index in [1.807, 2.05) is 24.3 Å². The molecule has 5 heteroatoms. The number of pyridine rings is 1. The van der Waals surface area contributed by atoms with E-state index >= 15 is 0 Å². The van der Waals surface area contributed by atoms with Crippen LogP contribution in [0.5, 0.6) is 23.0 Å². The second-order valence-corrected chi connectivity index (χ2v) is 3.97. The van der Waals surface area contributed by atoms with Gasteiger partial charge in [0.25, 0.3) is 0 Å². The molecule has 0 N–H and O–H groups in total. The molecule has 106 valence electrons. The van der Waals surface area contributed by atoms with Gasteiger partial charge in [0.1, 0.15) is 5.75 Å². The minimum atomic E-state index is 0.546. The quantitative estimate of drug-likeness (QED) is 0.839. The Hall–Kier alpha value is -2.43. The van der Waals surface area contributed by atoms with E-state index in [2.05, 4.69) is 4.98 Å². The zero-order chi connectivity index (χ0) is 14.5. The van der Waals surface area contributed by atoms with E-state index < -0.39 is 0 Å². The fourth-order valence-corrected chi connectivity index (χ4v) is 1.96. The van der Waals surface area contributed by atoms with Gasteiger partial charge in [-0.25, -0.2) is 0 Å². The molecule has 0 saturated heterocycles. The van der Waals surface area contributed by atoms with Crippen LogP contribution >= 0.6 is 0 Å².